The fraction of sp³-hybridized carbons (Fsp3) is 0.235. The summed E-state index contributed by atoms with van der Waals surface area (Å²) in [5.74, 6) is 0.0585. The lowest BCUT2D eigenvalue weighted by molar-refractivity contribution is 0.379. The third-order valence-electron chi connectivity index (χ3n) is 3.82. The van der Waals surface area contributed by atoms with E-state index < -0.39 is 0 Å². The molecular weight excluding hydrogens is 312 g/mol. The van der Waals surface area contributed by atoms with Gasteiger partial charge >= 0.3 is 6.01 Å². The number of nitrogens with zero attached hydrogens (tertiary/aromatic N) is 3. The first kappa shape index (κ1) is 15.5. The van der Waals surface area contributed by atoms with Crippen LogP contribution in [0.3, 0.4) is 0 Å². The molecule has 3 aromatic rings. The lowest BCUT2D eigenvalue weighted by atomic mass is 9.87. The van der Waals surface area contributed by atoms with Crippen molar-refractivity contribution in [2.75, 3.05) is 7.11 Å². The van der Waals surface area contributed by atoms with Gasteiger partial charge in [-0.3, -0.25) is 0 Å². The summed E-state index contributed by atoms with van der Waals surface area (Å²) in [7, 11) is 1.55. The van der Waals surface area contributed by atoms with Crippen LogP contribution in [0.4, 0.5) is 0 Å². The number of H-pyrrole nitrogens is 1. The van der Waals surface area contributed by atoms with Crippen molar-refractivity contribution in [3.05, 3.63) is 70.5 Å². The number of nitrogens with one attached hydrogen (secondary N) is 1. The van der Waals surface area contributed by atoms with Crippen molar-refractivity contribution >= 4 is 11.6 Å². The Morgan fingerprint density at radius 2 is 2.00 bits per heavy atom. The van der Waals surface area contributed by atoms with Crippen LogP contribution in [0.2, 0.25) is 5.02 Å². The van der Waals surface area contributed by atoms with Gasteiger partial charge in [0, 0.05) is 35.2 Å². The molecule has 0 spiro atoms. The molecule has 2 heterocycles. The standard InChI is InChI=1S/C17H17ClN4O/c1-11-4-3-5-14(18)16(11)13(15-9-19-10-22-15)6-12-7-20-17(23-2)21-8-12/h3-5,7-10,13H,6H2,1-2H3,(H,19,22)/t13-/m0/s1. The first-order valence-electron chi connectivity index (χ1n) is 7.27. The largest absolute Gasteiger partial charge is 0.467 e. The first-order chi connectivity index (χ1) is 11.2. The topological polar surface area (TPSA) is 63.7 Å². The molecule has 0 radical (unpaired) electrons. The van der Waals surface area contributed by atoms with Gasteiger partial charge in [0.05, 0.1) is 13.4 Å². The van der Waals surface area contributed by atoms with Gasteiger partial charge in [0.15, 0.2) is 0 Å². The molecule has 0 amide bonds. The Bertz CT molecular complexity index is 752. The maximum absolute atomic E-state index is 6.47. The van der Waals surface area contributed by atoms with Crippen molar-refractivity contribution in [3.8, 4) is 6.01 Å². The molecule has 0 bridgehead atoms. The Morgan fingerprint density at radius 1 is 1.22 bits per heavy atom. The minimum atomic E-state index is 0.0585. The quantitative estimate of drug-likeness (QED) is 0.778. The summed E-state index contributed by atoms with van der Waals surface area (Å²) in [5.41, 5.74) is 4.25. The van der Waals surface area contributed by atoms with E-state index in [1.54, 1.807) is 25.8 Å². The van der Waals surface area contributed by atoms with Crippen LogP contribution in [-0.4, -0.2) is 27.0 Å². The summed E-state index contributed by atoms with van der Waals surface area (Å²) < 4.78 is 5.01. The van der Waals surface area contributed by atoms with Crippen LogP contribution in [0, 0.1) is 6.92 Å². The van der Waals surface area contributed by atoms with E-state index in [1.165, 1.54) is 0 Å². The van der Waals surface area contributed by atoms with Crippen molar-refractivity contribution in [3.63, 3.8) is 0 Å². The second-order valence-corrected chi connectivity index (χ2v) is 5.72. The third kappa shape index (κ3) is 3.35. The van der Waals surface area contributed by atoms with E-state index in [0.717, 1.165) is 33.8 Å². The fourth-order valence-electron chi connectivity index (χ4n) is 2.70. The van der Waals surface area contributed by atoms with Crippen molar-refractivity contribution < 1.29 is 4.74 Å². The smallest absolute Gasteiger partial charge is 0.316 e. The molecule has 0 saturated heterocycles. The molecule has 5 nitrogen and oxygen atoms in total. The Hall–Kier alpha value is -2.40. The highest BCUT2D eigenvalue weighted by molar-refractivity contribution is 6.31. The number of rotatable bonds is 5. The number of aromatic amines is 1. The Balaban J connectivity index is 1.99. The molecule has 0 aliphatic carbocycles. The Kier molecular flexibility index (Phi) is 4.57. The zero-order valence-corrected chi connectivity index (χ0v) is 13.7. The highest BCUT2D eigenvalue weighted by Gasteiger charge is 2.21. The number of imidazole rings is 1. The maximum Gasteiger partial charge on any atom is 0.316 e. The van der Waals surface area contributed by atoms with Crippen molar-refractivity contribution in [1.29, 1.82) is 0 Å². The van der Waals surface area contributed by atoms with Crippen LogP contribution >= 0.6 is 11.6 Å². The number of halogens is 1. The second-order valence-electron chi connectivity index (χ2n) is 5.31. The Labute approximate surface area is 139 Å². The molecule has 1 N–H and O–H groups in total. The lowest BCUT2D eigenvalue weighted by Gasteiger charge is -2.19. The van der Waals surface area contributed by atoms with E-state index in [1.807, 2.05) is 18.3 Å². The summed E-state index contributed by atoms with van der Waals surface area (Å²) in [6.07, 6.45) is 7.79. The number of benzene rings is 1. The van der Waals surface area contributed by atoms with Gasteiger partial charge in [0.25, 0.3) is 0 Å². The average Bonchev–Trinajstić information content (AvgIpc) is 3.08. The minimum Gasteiger partial charge on any atom is -0.467 e. The second kappa shape index (κ2) is 6.79. The Morgan fingerprint density at radius 3 is 2.61 bits per heavy atom. The monoisotopic (exact) mass is 328 g/mol. The number of ether oxygens (including phenoxy) is 1. The van der Waals surface area contributed by atoms with Gasteiger partial charge in [-0.05, 0) is 36.1 Å². The van der Waals surface area contributed by atoms with E-state index in [9.17, 15) is 0 Å². The van der Waals surface area contributed by atoms with Gasteiger partial charge in [0.1, 0.15) is 0 Å². The van der Waals surface area contributed by atoms with Gasteiger partial charge in [-0.2, -0.15) is 0 Å². The molecule has 2 aromatic heterocycles. The van der Waals surface area contributed by atoms with Crippen LogP contribution < -0.4 is 4.74 Å². The molecular formula is C17H17ClN4O. The van der Waals surface area contributed by atoms with Crippen molar-refractivity contribution in [1.82, 2.24) is 19.9 Å². The predicted octanol–water partition coefficient (Wildman–Crippen LogP) is 3.54. The fourth-order valence-corrected chi connectivity index (χ4v) is 3.05. The van der Waals surface area contributed by atoms with Gasteiger partial charge < -0.3 is 9.72 Å². The molecule has 0 aliphatic heterocycles. The van der Waals surface area contributed by atoms with Gasteiger partial charge in [-0.1, -0.05) is 23.7 Å². The minimum absolute atomic E-state index is 0.0585. The molecule has 0 fully saturated rings. The number of aryl methyl sites for hydroxylation is 1. The van der Waals surface area contributed by atoms with Gasteiger partial charge in [0.2, 0.25) is 0 Å². The van der Waals surface area contributed by atoms with Crippen molar-refractivity contribution in [2.24, 2.45) is 0 Å². The lowest BCUT2D eigenvalue weighted by Crippen LogP contribution is -2.09. The van der Waals surface area contributed by atoms with Crippen LogP contribution in [0.5, 0.6) is 6.01 Å². The summed E-state index contributed by atoms with van der Waals surface area (Å²) in [6, 6.07) is 6.30. The average molecular weight is 329 g/mol. The summed E-state index contributed by atoms with van der Waals surface area (Å²) in [4.78, 5) is 15.7. The molecule has 3 rings (SSSR count). The van der Waals surface area contributed by atoms with E-state index in [-0.39, 0.29) is 5.92 Å². The highest BCUT2D eigenvalue weighted by Crippen LogP contribution is 2.34. The maximum atomic E-state index is 6.47. The zero-order chi connectivity index (χ0) is 16.2. The van der Waals surface area contributed by atoms with Crippen LogP contribution in [0.1, 0.15) is 28.3 Å². The normalized spacial score (nSPS) is 12.1. The molecule has 0 aliphatic rings. The van der Waals surface area contributed by atoms with Crippen LogP contribution in [0.25, 0.3) is 0 Å². The highest BCUT2D eigenvalue weighted by atomic mass is 35.5. The number of hydrogen-bond acceptors (Lipinski definition) is 4. The zero-order valence-electron chi connectivity index (χ0n) is 13.0. The third-order valence-corrected chi connectivity index (χ3v) is 4.15. The van der Waals surface area contributed by atoms with E-state index in [4.69, 9.17) is 16.3 Å². The molecule has 6 heteroatoms. The van der Waals surface area contributed by atoms with Crippen LogP contribution in [0.15, 0.2) is 43.1 Å². The SMILES string of the molecule is COc1ncc(C[C@@H](c2cnc[nH]2)c2c(C)cccc2Cl)cn1. The first-order valence-corrected chi connectivity index (χ1v) is 7.65. The molecule has 0 saturated carbocycles. The number of methoxy groups -OCH3 is 1. The molecule has 23 heavy (non-hydrogen) atoms. The van der Waals surface area contributed by atoms with Crippen molar-refractivity contribution in [2.45, 2.75) is 19.3 Å². The van der Waals surface area contributed by atoms with E-state index in [0.29, 0.717) is 6.01 Å². The summed E-state index contributed by atoms with van der Waals surface area (Å²) in [5, 5.41) is 0.749. The number of hydrogen-bond donors (Lipinski definition) is 1. The summed E-state index contributed by atoms with van der Waals surface area (Å²) in [6.45, 7) is 2.06. The summed E-state index contributed by atoms with van der Waals surface area (Å²) >= 11 is 6.47. The molecule has 0 unspecified atom stereocenters. The molecule has 1 atom stereocenters. The predicted molar refractivity (Wildman–Crippen MR) is 88.9 cm³/mol. The van der Waals surface area contributed by atoms with Gasteiger partial charge in [-0.15, -0.1) is 0 Å². The molecule has 118 valence electrons. The van der Waals surface area contributed by atoms with Crippen LogP contribution in [-0.2, 0) is 6.42 Å². The number of aromatic nitrogens is 4. The molecule has 1 aromatic carbocycles. The van der Waals surface area contributed by atoms with E-state index >= 15 is 0 Å². The van der Waals surface area contributed by atoms with E-state index in [2.05, 4.69) is 32.9 Å². The van der Waals surface area contributed by atoms with Gasteiger partial charge in [-0.25, -0.2) is 15.0 Å².